The van der Waals surface area contributed by atoms with Crippen LogP contribution in [0.2, 0.25) is 0 Å². The van der Waals surface area contributed by atoms with Crippen LogP contribution in [-0.2, 0) is 4.79 Å². The maximum absolute atomic E-state index is 11.5. The van der Waals surface area contributed by atoms with E-state index in [1.54, 1.807) is 11.8 Å². The number of rotatable bonds is 7. The lowest BCUT2D eigenvalue weighted by Gasteiger charge is -2.13. The summed E-state index contributed by atoms with van der Waals surface area (Å²) in [5, 5.41) is 12.1. The predicted molar refractivity (Wildman–Crippen MR) is 61.5 cm³/mol. The van der Waals surface area contributed by atoms with Crippen LogP contribution in [0.15, 0.2) is 0 Å². The second-order valence-electron chi connectivity index (χ2n) is 3.27. The number of hydrogen-bond donors (Lipinski definition) is 2. The first kappa shape index (κ1) is 13.8. The van der Waals surface area contributed by atoms with Gasteiger partial charge in [-0.25, -0.2) is 0 Å². The van der Waals surface area contributed by atoms with E-state index in [0.29, 0.717) is 13.0 Å². The third-order valence-electron chi connectivity index (χ3n) is 2.20. The Labute approximate surface area is 90.7 Å². The molecule has 0 saturated carbocycles. The summed E-state index contributed by atoms with van der Waals surface area (Å²) < 4.78 is 0. The first-order valence-electron chi connectivity index (χ1n) is 5.14. The summed E-state index contributed by atoms with van der Waals surface area (Å²) >= 11 is 1.57. The van der Waals surface area contributed by atoms with Crippen LogP contribution >= 0.6 is 11.8 Å². The summed E-state index contributed by atoms with van der Waals surface area (Å²) in [4.78, 5) is 11.5. The van der Waals surface area contributed by atoms with Crippen molar-refractivity contribution in [3.8, 4) is 0 Å². The van der Waals surface area contributed by atoms with Crippen LogP contribution in [0.5, 0.6) is 0 Å². The van der Waals surface area contributed by atoms with Crippen LogP contribution < -0.4 is 5.32 Å². The molecule has 1 amide bonds. The van der Waals surface area contributed by atoms with Gasteiger partial charge in [-0.05, 0) is 25.5 Å². The summed E-state index contributed by atoms with van der Waals surface area (Å²) in [5.74, 6) is 0.0864. The van der Waals surface area contributed by atoms with E-state index in [1.807, 2.05) is 20.1 Å². The SMILES string of the molecule is CCC(O)CCNC(=O)C(CC)SC. The molecule has 2 unspecified atom stereocenters. The number of thioether (sulfide) groups is 1. The van der Waals surface area contributed by atoms with Gasteiger partial charge in [0.15, 0.2) is 0 Å². The summed E-state index contributed by atoms with van der Waals surface area (Å²) in [7, 11) is 0. The number of amides is 1. The fraction of sp³-hybridized carbons (Fsp3) is 0.900. The lowest BCUT2D eigenvalue weighted by Crippen LogP contribution is -2.34. The highest BCUT2D eigenvalue weighted by atomic mass is 32.2. The van der Waals surface area contributed by atoms with E-state index in [-0.39, 0.29) is 17.3 Å². The minimum atomic E-state index is -0.287. The molecule has 3 nitrogen and oxygen atoms in total. The smallest absolute Gasteiger partial charge is 0.233 e. The van der Waals surface area contributed by atoms with Gasteiger partial charge in [0, 0.05) is 6.54 Å². The van der Waals surface area contributed by atoms with Crippen molar-refractivity contribution in [3.63, 3.8) is 0 Å². The van der Waals surface area contributed by atoms with Gasteiger partial charge in [0.1, 0.15) is 0 Å². The number of aliphatic hydroxyl groups is 1. The van der Waals surface area contributed by atoms with E-state index >= 15 is 0 Å². The molecule has 0 aromatic carbocycles. The summed E-state index contributed by atoms with van der Waals surface area (Å²) in [5.41, 5.74) is 0. The zero-order valence-corrected chi connectivity index (χ0v) is 10.1. The van der Waals surface area contributed by atoms with Crippen molar-refractivity contribution < 1.29 is 9.90 Å². The van der Waals surface area contributed by atoms with E-state index in [4.69, 9.17) is 0 Å². The molecule has 0 aromatic rings. The van der Waals surface area contributed by atoms with E-state index < -0.39 is 0 Å². The molecule has 0 radical (unpaired) electrons. The normalized spacial score (nSPS) is 14.9. The molecule has 0 aliphatic carbocycles. The van der Waals surface area contributed by atoms with Gasteiger partial charge in [0.2, 0.25) is 5.91 Å². The molecule has 4 heteroatoms. The van der Waals surface area contributed by atoms with Gasteiger partial charge in [-0.1, -0.05) is 13.8 Å². The molecule has 0 heterocycles. The molecule has 0 spiro atoms. The summed E-state index contributed by atoms with van der Waals surface area (Å²) in [6.07, 6.45) is 3.89. The van der Waals surface area contributed by atoms with Crippen LogP contribution in [0.1, 0.15) is 33.1 Å². The maximum atomic E-state index is 11.5. The zero-order chi connectivity index (χ0) is 11.0. The fourth-order valence-corrected chi connectivity index (χ4v) is 1.77. The molecule has 0 fully saturated rings. The lowest BCUT2D eigenvalue weighted by molar-refractivity contribution is -0.120. The van der Waals surface area contributed by atoms with Gasteiger partial charge in [-0.2, -0.15) is 11.8 Å². The van der Waals surface area contributed by atoms with Gasteiger partial charge < -0.3 is 10.4 Å². The molecule has 0 rings (SSSR count). The topological polar surface area (TPSA) is 49.3 Å². The number of nitrogens with one attached hydrogen (secondary N) is 1. The van der Waals surface area contributed by atoms with Crippen molar-refractivity contribution in [1.29, 1.82) is 0 Å². The molecule has 2 atom stereocenters. The van der Waals surface area contributed by atoms with E-state index in [9.17, 15) is 9.90 Å². The summed E-state index contributed by atoms with van der Waals surface area (Å²) in [6.45, 7) is 4.51. The minimum absolute atomic E-state index is 0.0498. The van der Waals surface area contributed by atoms with Crippen LogP contribution in [-0.4, -0.2) is 35.2 Å². The second-order valence-corrected chi connectivity index (χ2v) is 4.31. The highest BCUT2D eigenvalue weighted by molar-refractivity contribution is 7.99. The standard InChI is InChI=1S/C10H21NO2S/c1-4-8(12)6-7-11-10(13)9(5-2)14-3/h8-9,12H,4-7H2,1-3H3,(H,11,13). The van der Waals surface area contributed by atoms with Crippen molar-refractivity contribution >= 4 is 17.7 Å². The van der Waals surface area contributed by atoms with Gasteiger partial charge in [-0.3, -0.25) is 4.79 Å². The first-order valence-corrected chi connectivity index (χ1v) is 6.43. The van der Waals surface area contributed by atoms with Gasteiger partial charge in [-0.15, -0.1) is 0 Å². The van der Waals surface area contributed by atoms with Crippen molar-refractivity contribution in [1.82, 2.24) is 5.32 Å². The Balaban J connectivity index is 3.62. The van der Waals surface area contributed by atoms with Gasteiger partial charge >= 0.3 is 0 Å². The third-order valence-corrected chi connectivity index (χ3v) is 3.31. The molecule has 2 N–H and O–H groups in total. The molecule has 0 aliphatic heterocycles. The Hall–Kier alpha value is -0.220. The Morgan fingerprint density at radius 2 is 2.07 bits per heavy atom. The Morgan fingerprint density at radius 1 is 1.43 bits per heavy atom. The Bertz CT molecular complexity index is 160. The molecular weight excluding hydrogens is 198 g/mol. The largest absolute Gasteiger partial charge is 0.393 e. The molecule has 0 bridgehead atoms. The van der Waals surface area contributed by atoms with Crippen LogP contribution in [0.4, 0.5) is 0 Å². The monoisotopic (exact) mass is 219 g/mol. The molecule has 14 heavy (non-hydrogen) atoms. The number of carbonyl (C=O) groups is 1. The average molecular weight is 219 g/mol. The van der Waals surface area contributed by atoms with E-state index in [1.165, 1.54) is 0 Å². The fourth-order valence-electron chi connectivity index (χ4n) is 1.14. The maximum Gasteiger partial charge on any atom is 0.233 e. The molecule has 0 aromatic heterocycles. The summed E-state index contributed by atoms with van der Waals surface area (Å²) in [6, 6.07) is 0. The predicted octanol–water partition coefficient (Wildman–Crippen LogP) is 1.41. The third kappa shape index (κ3) is 5.50. The molecule has 0 aliphatic rings. The van der Waals surface area contributed by atoms with Crippen molar-refractivity contribution in [3.05, 3.63) is 0 Å². The van der Waals surface area contributed by atoms with Gasteiger partial charge in [0.05, 0.1) is 11.4 Å². The van der Waals surface area contributed by atoms with E-state index in [2.05, 4.69) is 5.32 Å². The molecule has 84 valence electrons. The first-order chi connectivity index (χ1) is 6.65. The van der Waals surface area contributed by atoms with Gasteiger partial charge in [0.25, 0.3) is 0 Å². The lowest BCUT2D eigenvalue weighted by atomic mass is 10.2. The highest BCUT2D eigenvalue weighted by Crippen LogP contribution is 2.10. The number of aliphatic hydroxyl groups excluding tert-OH is 1. The molecule has 0 saturated heterocycles. The number of carbonyl (C=O) groups excluding carboxylic acids is 1. The quantitative estimate of drug-likeness (QED) is 0.680. The number of hydrogen-bond acceptors (Lipinski definition) is 3. The van der Waals surface area contributed by atoms with Crippen LogP contribution in [0, 0.1) is 0 Å². The Kier molecular flexibility index (Phi) is 7.99. The minimum Gasteiger partial charge on any atom is -0.393 e. The van der Waals surface area contributed by atoms with Crippen molar-refractivity contribution in [2.45, 2.75) is 44.5 Å². The van der Waals surface area contributed by atoms with Crippen LogP contribution in [0.25, 0.3) is 0 Å². The van der Waals surface area contributed by atoms with Crippen molar-refractivity contribution in [2.24, 2.45) is 0 Å². The van der Waals surface area contributed by atoms with Crippen LogP contribution in [0.3, 0.4) is 0 Å². The Morgan fingerprint density at radius 3 is 2.50 bits per heavy atom. The second kappa shape index (κ2) is 8.12. The van der Waals surface area contributed by atoms with E-state index in [0.717, 1.165) is 12.8 Å². The highest BCUT2D eigenvalue weighted by Gasteiger charge is 2.13. The molecular formula is C10H21NO2S. The van der Waals surface area contributed by atoms with Crippen molar-refractivity contribution in [2.75, 3.05) is 12.8 Å². The average Bonchev–Trinajstić information content (AvgIpc) is 2.19. The zero-order valence-electron chi connectivity index (χ0n) is 9.25.